The maximum absolute atomic E-state index is 11.6. The summed E-state index contributed by atoms with van der Waals surface area (Å²) in [5.74, 6) is 1.00. The molecule has 0 aromatic heterocycles. The van der Waals surface area contributed by atoms with Gasteiger partial charge >= 0.3 is 0 Å². The molecular weight excluding hydrogens is 254 g/mol. The molecule has 1 aromatic rings. The highest BCUT2D eigenvalue weighted by Gasteiger charge is 2.04. The van der Waals surface area contributed by atoms with Crippen molar-refractivity contribution < 1.29 is 9.53 Å². The first-order valence-corrected chi connectivity index (χ1v) is 6.77. The Morgan fingerprint density at radius 1 is 1.35 bits per heavy atom. The van der Waals surface area contributed by atoms with Crippen molar-refractivity contribution in [1.82, 2.24) is 5.43 Å². The summed E-state index contributed by atoms with van der Waals surface area (Å²) in [6, 6.07) is 7.40. The zero-order chi connectivity index (χ0) is 15.0. The van der Waals surface area contributed by atoms with Crippen molar-refractivity contribution in [2.75, 3.05) is 19.0 Å². The molecule has 0 spiro atoms. The number of hydrogen-bond acceptors (Lipinski definition) is 4. The standard InChI is InChI=1S/C15H23N3O2/c1-5-11(2)12(3)17-18-15(19)10-16-13-6-8-14(20-4)9-7-13/h6-9,11,16H,5,10H2,1-4H3,(H,18,19)/b17-12-/t11-/m1/s1. The Labute approximate surface area is 120 Å². The van der Waals surface area contributed by atoms with Crippen LogP contribution < -0.4 is 15.5 Å². The predicted molar refractivity (Wildman–Crippen MR) is 82.2 cm³/mol. The number of benzene rings is 1. The van der Waals surface area contributed by atoms with E-state index in [1.54, 1.807) is 7.11 Å². The van der Waals surface area contributed by atoms with Gasteiger partial charge in [-0.05, 0) is 43.5 Å². The van der Waals surface area contributed by atoms with Crippen molar-refractivity contribution in [1.29, 1.82) is 0 Å². The van der Waals surface area contributed by atoms with Gasteiger partial charge in [0.15, 0.2) is 0 Å². The lowest BCUT2D eigenvalue weighted by atomic mass is 10.1. The van der Waals surface area contributed by atoms with Gasteiger partial charge in [0.05, 0.1) is 13.7 Å². The second-order valence-electron chi connectivity index (χ2n) is 4.68. The van der Waals surface area contributed by atoms with Crippen molar-refractivity contribution in [2.24, 2.45) is 11.0 Å². The van der Waals surface area contributed by atoms with Crippen molar-refractivity contribution in [2.45, 2.75) is 27.2 Å². The maximum Gasteiger partial charge on any atom is 0.259 e. The number of amides is 1. The van der Waals surface area contributed by atoms with E-state index in [0.717, 1.165) is 23.6 Å². The summed E-state index contributed by atoms with van der Waals surface area (Å²) in [6.45, 7) is 6.28. The van der Waals surface area contributed by atoms with E-state index in [1.165, 1.54) is 0 Å². The van der Waals surface area contributed by atoms with Crippen molar-refractivity contribution >= 4 is 17.3 Å². The number of hydrazone groups is 1. The van der Waals surface area contributed by atoms with Gasteiger partial charge in [0.1, 0.15) is 5.75 Å². The molecule has 1 atom stereocenters. The summed E-state index contributed by atoms with van der Waals surface area (Å²) in [5, 5.41) is 7.12. The predicted octanol–water partition coefficient (Wildman–Crippen LogP) is 2.65. The van der Waals surface area contributed by atoms with Crippen molar-refractivity contribution in [3.05, 3.63) is 24.3 Å². The highest BCUT2D eigenvalue weighted by atomic mass is 16.5. The van der Waals surface area contributed by atoms with E-state index in [9.17, 15) is 4.79 Å². The van der Waals surface area contributed by atoms with Gasteiger partial charge in [-0.25, -0.2) is 5.43 Å². The molecule has 1 amide bonds. The zero-order valence-corrected chi connectivity index (χ0v) is 12.6. The number of anilines is 1. The lowest BCUT2D eigenvalue weighted by molar-refractivity contribution is -0.119. The fraction of sp³-hybridized carbons (Fsp3) is 0.467. The molecule has 0 saturated heterocycles. The third-order valence-electron chi connectivity index (χ3n) is 3.23. The van der Waals surface area contributed by atoms with Gasteiger partial charge in [0, 0.05) is 11.4 Å². The first-order chi connectivity index (χ1) is 9.56. The number of carbonyl (C=O) groups is 1. The van der Waals surface area contributed by atoms with E-state index in [2.05, 4.69) is 29.7 Å². The normalized spacial score (nSPS) is 12.7. The maximum atomic E-state index is 11.6. The fourth-order valence-corrected chi connectivity index (χ4v) is 1.49. The SMILES string of the molecule is CC[C@@H](C)/C(C)=N\NC(=O)CNc1ccc(OC)cc1. The monoisotopic (exact) mass is 277 g/mol. The molecule has 0 unspecified atom stereocenters. The van der Waals surface area contributed by atoms with Gasteiger partial charge in [0.2, 0.25) is 0 Å². The van der Waals surface area contributed by atoms with Gasteiger partial charge in [-0.2, -0.15) is 5.10 Å². The largest absolute Gasteiger partial charge is 0.497 e. The second kappa shape index (κ2) is 8.19. The Morgan fingerprint density at radius 2 is 2.00 bits per heavy atom. The molecule has 0 radical (unpaired) electrons. The fourth-order valence-electron chi connectivity index (χ4n) is 1.49. The molecule has 0 aliphatic rings. The summed E-state index contributed by atoms with van der Waals surface area (Å²) >= 11 is 0. The zero-order valence-electron chi connectivity index (χ0n) is 12.6. The van der Waals surface area contributed by atoms with Crippen LogP contribution in [0.4, 0.5) is 5.69 Å². The van der Waals surface area contributed by atoms with Crippen LogP contribution in [0.3, 0.4) is 0 Å². The minimum absolute atomic E-state index is 0.163. The molecule has 0 aliphatic carbocycles. The van der Waals surface area contributed by atoms with E-state index in [0.29, 0.717) is 5.92 Å². The highest BCUT2D eigenvalue weighted by molar-refractivity contribution is 5.87. The number of ether oxygens (including phenoxy) is 1. The van der Waals surface area contributed by atoms with E-state index in [4.69, 9.17) is 4.74 Å². The molecule has 0 fully saturated rings. The lowest BCUT2D eigenvalue weighted by Crippen LogP contribution is -2.27. The molecular formula is C15H23N3O2. The third-order valence-corrected chi connectivity index (χ3v) is 3.23. The summed E-state index contributed by atoms with van der Waals surface area (Å²) < 4.78 is 5.07. The van der Waals surface area contributed by atoms with E-state index >= 15 is 0 Å². The number of rotatable bonds is 7. The third kappa shape index (κ3) is 5.30. The summed E-state index contributed by atoms with van der Waals surface area (Å²) in [4.78, 5) is 11.6. The van der Waals surface area contributed by atoms with Gasteiger partial charge < -0.3 is 10.1 Å². The summed E-state index contributed by atoms with van der Waals surface area (Å²) in [6.07, 6.45) is 1.01. The number of carbonyl (C=O) groups excluding carboxylic acids is 1. The molecule has 5 nitrogen and oxygen atoms in total. The molecule has 1 rings (SSSR count). The highest BCUT2D eigenvalue weighted by Crippen LogP contribution is 2.14. The molecule has 110 valence electrons. The van der Waals surface area contributed by atoms with Crippen LogP contribution in [0, 0.1) is 5.92 Å². The Morgan fingerprint density at radius 3 is 2.55 bits per heavy atom. The molecule has 0 bridgehead atoms. The van der Waals surface area contributed by atoms with E-state index in [-0.39, 0.29) is 12.5 Å². The number of nitrogens with one attached hydrogen (secondary N) is 2. The van der Waals surface area contributed by atoms with Gasteiger partial charge in [0.25, 0.3) is 5.91 Å². The van der Waals surface area contributed by atoms with Crippen LogP contribution in [-0.4, -0.2) is 25.3 Å². The summed E-state index contributed by atoms with van der Waals surface area (Å²) in [5.41, 5.74) is 4.35. The Kier molecular flexibility index (Phi) is 6.56. The Hall–Kier alpha value is -2.04. The quantitative estimate of drug-likeness (QED) is 0.595. The van der Waals surface area contributed by atoms with Crippen LogP contribution in [0.2, 0.25) is 0 Å². The molecule has 0 heterocycles. The first kappa shape index (κ1) is 16.0. The molecule has 0 aliphatic heterocycles. The smallest absolute Gasteiger partial charge is 0.259 e. The number of nitrogens with zero attached hydrogens (tertiary/aromatic N) is 1. The number of methoxy groups -OCH3 is 1. The summed E-state index contributed by atoms with van der Waals surface area (Å²) in [7, 11) is 1.62. The lowest BCUT2D eigenvalue weighted by Gasteiger charge is -2.09. The van der Waals surface area contributed by atoms with Crippen molar-refractivity contribution in [3.8, 4) is 5.75 Å². The van der Waals surface area contributed by atoms with Crippen LogP contribution >= 0.6 is 0 Å². The van der Waals surface area contributed by atoms with Gasteiger partial charge in [-0.1, -0.05) is 13.8 Å². The Balaban J connectivity index is 2.39. The van der Waals surface area contributed by atoms with Crippen LogP contribution in [0.1, 0.15) is 27.2 Å². The van der Waals surface area contributed by atoms with Crippen LogP contribution in [0.15, 0.2) is 29.4 Å². The molecule has 1 aromatic carbocycles. The molecule has 0 saturated carbocycles. The second-order valence-corrected chi connectivity index (χ2v) is 4.68. The average molecular weight is 277 g/mol. The van der Waals surface area contributed by atoms with Gasteiger partial charge in [-0.3, -0.25) is 4.79 Å². The van der Waals surface area contributed by atoms with Crippen LogP contribution in [0.25, 0.3) is 0 Å². The number of hydrogen-bond donors (Lipinski definition) is 2. The molecule has 5 heteroatoms. The minimum atomic E-state index is -0.163. The molecule has 20 heavy (non-hydrogen) atoms. The van der Waals surface area contributed by atoms with E-state index in [1.807, 2.05) is 31.2 Å². The van der Waals surface area contributed by atoms with Crippen LogP contribution in [0.5, 0.6) is 5.75 Å². The average Bonchev–Trinajstić information content (AvgIpc) is 2.50. The molecule has 2 N–H and O–H groups in total. The van der Waals surface area contributed by atoms with E-state index < -0.39 is 0 Å². The minimum Gasteiger partial charge on any atom is -0.497 e. The Bertz CT molecular complexity index is 455. The van der Waals surface area contributed by atoms with Crippen LogP contribution in [-0.2, 0) is 4.79 Å². The first-order valence-electron chi connectivity index (χ1n) is 6.77. The topological polar surface area (TPSA) is 62.7 Å². The van der Waals surface area contributed by atoms with Gasteiger partial charge in [-0.15, -0.1) is 0 Å². The van der Waals surface area contributed by atoms with Crippen molar-refractivity contribution in [3.63, 3.8) is 0 Å².